The first-order chi connectivity index (χ1) is 20.6. The minimum atomic E-state index is 0.00974. The third kappa shape index (κ3) is 7.08. The summed E-state index contributed by atoms with van der Waals surface area (Å²) in [4.78, 5) is 36.5. The van der Waals surface area contributed by atoms with Crippen LogP contribution < -0.4 is 10.6 Å². The summed E-state index contributed by atoms with van der Waals surface area (Å²) in [6.07, 6.45) is 22.0. The average molecular weight is 590 g/mol. The summed E-state index contributed by atoms with van der Waals surface area (Å²) in [5.41, 5.74) is 3.56. The predicted molar refractivity (Wildman–Crippen MR) is 170 cm³/mol. The number of rotatable bonds is 7. The number of pyridine rings is 1. The molecule has 1 spiro atoms. The largest absolute Gasteiger partial charge is 0.354 e. The van der Waals surface area contributed by atoms with Crippen molar-refractivity contribution >= 4 is 33.2 Å². The van der Waals surface area contributed by atoms with E-state index in [0.717, 1.165) is 78.8 Å². The van der Waals surface area contributed by atoms with E-state index in [9.17, 15) is 9.59 Å². The van der Waals surface area contributed by atoms with E-state index in [4.69, 9.17) is 0 Å². The van der Waals surface area contributed by atoms with Crippen molar-refractivity contribution in [1.82, 2.24) is 25.5 Å². The number of piperidine rings is 1. The van der Waals surface area contributed by atoms with Gasteiger partial charge in [-0.1, -0.05) is 57.8 Å². The summed E-state index contributed by atoms with van der Waals surface area (Å²) in [7, 11) is 0. The predicted octanol–water partition coefficient (Wildman–Crippen LogP) is 6.99. The molecule has 0 atom stereocenters. The maximum absolute atomic E-state index is 13.4. The van der Waals surface area contributed by atoms with Crippen molar-refractivity contribution in [3.05, 3.63) is 52.4 Å². The number of H-pyrrole nitrogens is 1. The van der Waals surface area contributed by atoms with E-state index < -0.39 is 0 Å². The molecule has 8 heteroatoms. The number of aromatic amines is 1. The van der Waals surface area contributed by atoms with Crippen LogP contribution in [0.4, 0.5) is 0 Å². The molecule has 5 heterocycles. The van der Waals surface area contributed by atoms with Crippen LogP contribution in [0, 0.1) is 5.92 Å². The fourth-order valence-corrected chi connectivity index (χ4v) is 8.33. The molecule has 3 aromatic heterocycles. The fraction of sp³-hybridized carbons (Fsp3) is 0.618. The van der Waals surface area contributed by atoms with Crippen molar-refractivity contribution in [2.75, 3.05) is 19.6 Å². The van der Waals surface area contributed by atoms with Gasteiger partial charge in [-0.3, -0.25) is 14.6 Å². The van der Waals surface area contributed by atoms with E-state index in [0.29, 0.717) is 12.5 Å². The van der Waals surface area contributed by atoms with Crippen LogP contribution in [0.2, 0.25) is 0 Å². The van der Waals surface area contributed by atoms with Crippen LogP contribution in [0.5, 0.6) is 0 Å². The molecule has 1 saturated carbocycles. The first kappa shape index (κ1) is 29.4. The highest BCUT2D eigenvalue weighted by atomic mass is 32.1. The van der Waals surface area contributed by atoms with E-state index >= 15 is 0 Å². The monoisotopic (exact) mass is 589 g/mol. The molecule has 0 aromatic carbocycles. The lowest BCUT2D eigenvalue weighted by Gasteiger charge is -2.39. The van der Waals surface area contributed by atoms with E-state index in [1.807, 2.05) is 18.3 Å². The molecule has 1 saturated heterocycles. The maximum atomic E-state index is 13.4. The standard InChI is InChI=1S/C34H47N5O2S/c40-32(30-21-26-11-17-35-24-31(26)42-30)36-16-9-6-10-25-12-18-39(19-13-25)33(41)28-20-27-23-37-34(22-29(27)38-28)14-7-4-2-1-3-5-8-15-34/h11,17,20-21,24-25,37-38H,1-10,12-16,18-19,22-23H2,(H,36,40). The van der Waals surface area contributed by atoms with Crippen LogP contribution in [0.3, 0.4) is 0 Å². The number of thiophene rings is 1. The first-order valence-electron chi connectivity index (χ1n) is 16.5. The van der Waals surface area contributed by atoms with E-state index in [1.54, 1.807) is 6.20 Å². The van der Waals surface area contributed by atoms with Gasteiger partial charge in [0.2, 0.25) is 0 Å². The lowest BCUT2D eigenvalue weighted by molar-refractivity contribution is 0.0680. The van der Waals surface area contributed by atoms with Crippen LogP contribution in [-0.2, 0) is 13.0 Å². The SMILES string of the molecule is O=C(NCCCCC1CCN(C(=O)c2cc3c([nH]2)CC2(CCCCCCCCC2)NC3)CC1)c1cc2ccncc2s1. The van der Waals surface area contributed by atoms with Crippen molar-refractivity contribution < 1.29 is 9.59 Å². The summed E-state index contributed by atoms with van der Waals surface area (Å²) in [6.45, 7) is 3.26. The second-order valence-corrected chi connectivity index (χ2v) is 14.1. The van der Waals surface area contributed by atoms with Crippen LogP contribution in [0.1, 0.15) is 121 Å². The molecular formula is C34H47N5O2S. The van der Waals surface area contributed by atoms with Crippen molar-refractivity contribution in [3.63, 3.8) is 0 Å². The number of nitrogens with one attached hydrogen (secondary N) is 3. The Morgan fingerprint density at radius 3 is 2.55 bits per heavy atom. The zero-order valence-electron chi connectivity index (χ0n) is 25.0. The normalized spacial score (nSPS) is 20.0. The number of nitrogens with zero attached hydrogens (tertiary/aromatic N) is 2. The highest BCUT2D eigenvalue weighted by Crippen LogP contribution is 2.34. The molecule has 0 bridgehead atoms. The van der Waals surface area contributed by atoms with Gasteiger partial charge in [0.25, 0.3) is 11.8 Å². The number of hydrogen-bond acceptors (Lipinski definition) is 5. The van der Waals surface area contributed by atoms with E-state index in [1.165, 1.54) is 80.4 Å². The van der Waals surface area contributed by atoms with Gasteiger partial charge in [-0.25, -0.2) is 0 Å². The Labute approximate surface area is 254 Å². The zero-order valence-corrected chi connectivity index (χ0v) is 25.8. The fourth-order valence-electron chi connectivity index (χ4n) is 7.38. The van der Waals surface area contributed by atoms with Crippen molar-refractivity contribution in [3.8, 4) is 0 Å². The number of carbonyl (C=O) groups is 2. The second-order valence-electron chi connectivity index (χ2n) is 13.0. The minimum absolute atomic E-state index is 0.00974. The minimum Gasteiger partial charge on any atom is -0.354 e. The number of likely N-dealkylation sites (tertiary alicyclic amines) is 1. The quantitative estimate of drug-likeness (QED) is 0.259. The molecular weight excluding hydrogens is 542 g/mol. The summed E-state index contributed by atoms with van der Waals surface area (Å²) < 4.78 is 1.05. The van der Waals surface area contributed by atoms with Gasteiger partial charge in [-0.15, -0.1) is 11.3 Å². The van der Waals surface area contributed by atoms with Crippen molar-refractivity contribution in [1.29, 1.82) is 0 Å². The molecule has 0 radical (unpaired) electrons. The summed E-state index contributed by atoms with van der Waals surface area (Å²) in [6, 6.07) is 6.01. The van der Waals surface area contributed by atoms with Crippen LogP contribution in [0.15, 0.2) is 30.6 Å². The Morgan fingerprint density at radius 1 is 1.02 bits per heavy atom. The molecule has 2 fully saturated rings. The van der Waals surface area contributed by atoms with Crippen molar-refractivity contribution in [2.45, 2.75) is 108 Å². The summed E-state index contributed by atoms with van der Waals surface area (Å²) in [5, 5.41) is 8.07. The molecule has 2 aliphatic heterocycles. The first-order valence-corrected chi connectivity index (χ1v) is 17.3. The third-order valence-electron chi connectivity index (χ3n) is 9.98. The van der Waals surface area contributed by atoms with Crippen LogP contribution in [-0.4, -0.2) is 51.9 Å². The summed E-state index contributed by atoms with van der Waals surface area (Å²) >= 11 is 1.50. The number of fused-ring (bicyclic) bond motifs is 2. The van der Waals surface area contributed by atoms with Crippen molar-refractivity contribution in [2.24, 2.45) is 5.92 Å². The summed E-state index contributed by atoms with van der Waals surface area (Å²) in [5.74, 6) is 0.839. The van der Waals surface area contributed by atoms with Crippen LogP contribution in [0.25, 0.3) is 10.1 Å². The smallest absolute Gasteiger partial charge is 0.270 e. The molecule has 7 nitrogen and oxygen atoms in total. The van der Waals surface area contributed by atoms with Gasteiger partial charge < -0.3 is 20.5 Å². The molecule has 6 rings (SSSR count). The molecule has 1 aliphatic carbocycles. The van der Waals surface area contributed by atoms with Gasteiger partial charge in [0.05, 0.1) is 9.58 Å². The second kappa shape index (κ2) is 13.7. The maximum Gasteiger partial charge on any atom is 0.270 e. The number of unbranched alkanes of at least 4 members (excludes halogenated alkanes) is 1. The van der Waals surface area contributed by atoms with Gasteiger partial charge in [-0.2, -0.15) is 0 Å². The third-order valence-corrected chi connectivity index (χ3v) is 11.1. The molecule has 0 unspecified atom stereocenters. The highest BCUT2D eigenvalue weighted by molar-refractivity contribution is 7.20. The average Bonchev–Trinajstić information content (AvgIpc) is 3.64. The van der Waals surface area contributed by atoms with E-state index in [2.05, 4.69) is 31.6 Å². The number of hydrogen-bond donors (Lipinski definition) is 3. The van der Waals surface area contributed by atoms with E-state index in [-0.39, 0.29) is 17.4 Å². The highest BCUT2D eigenvalue weighted by Gasteiger charge is 2.35. The Balaban J connectivity index is 0.920. The van der Waals surface area contributed by atoms with Gasteiger partial charge in [-0.05, 0) is 67.2 Å². The molecule has 226 valence electrons. The molecule has 3 aliphatic rings. The lowest BCUT2D eigenvalue weighted by atomic mass is 9.79. The molecule has 3 aromatic rings. The number of carbonyl (C=O) groups excluding carboxylic acids is 2. The molecule has 3 N–H and O–H groups in total. The number of aromatic nitrogens is 2. The Kier molecular flexibility index (Phi) is 9.59. The molecule has 2 amide bonds. The van der Waals surface area contributed by atoms with Crippen LogP contribution >= 0.6 is 11.3 Å². The van der Waals surface area contributed by atoms with Gasteiger partial charge in [0, 0.05) is 56.2 Å². The zero-order chi connectivity index (χ0) is 28.8. The van der Waals surface area contributed by atoms with Gasteiger partial charge in [0.1, 0.15) is 5.69 Å². The number of amides is 2. The Bertz CT molecular complexity index is 1310. The topological polar surface area (TPSA) is 90.1 Å². The Hall–Kier alpha value is -2.71. The lowest BCUT2D eigenvalue weighted by Crippen LogP contribution is -2.49. The molecule has 42 heavy (non-hydrogen) atoms. The van der Waals surface area contributed by atoms with Gasteiger partial charge >= 0.3 is 0 Å². The van der Waals surface area contributed by atoms with Gasteiger partial charge in [0.15, 0.2) is 0 Å². The Morgan fingerprint density at radius 2 is 1.79 bits per heavy atom.